The van der Waals surface area contributed by atoms with Crippen LogP contribution in [0.1, 0.15) is 64.2 Å². The normalized spacial score (nSPS) is 23.2. The molecule has 0 saturated heterocycles. The minimum atomic E-state index is -3.66. The summed E-state index contributed by atoms with van der Waals surface area (Å²) >= 11 is -7.31. The first-order valence-electron chi connectivity index (χ1n) is 11.3. The van der Waals surface area contributed by atoms with E-state index in [2.05, 4.69) is 60.7 Å². The summed E-state index contributed by atoms with van der Waals surface area (Å²) < 4.78 is 11.1. The van der Waals surface area contributed by atoms with Gasteiger partial charge >= 0.3 is 194 Å². The second-order valence-electron chi connectivity index (χ2n) is 8.79. The van der Waals surface area contributed by atoms with Crippen LogP contribution in [0.5, 0.6) is 0 Å². The molecule has 0 radical (unpaired) electrons. The Hall–Kier alpha value is 0.577. The zero-order valence-corrected chi connectivity index (χ0v) is 24.4. The van der Waals surface area contributed by atoms with Gasteiger partial charge in [-0.05, 0) is 0 Å². The molecule has 4 rings (SSSR count). The second-order valence-corrected chi connectivity index (χ2v) is 36.1. The van der Waals surface area contributed by atoms with Crippen molar-refractivity contribution < 1.29 is 1.41 Å². The summed E-state index contributed by atoms with van der Waals surface area (Å²) in [6.07, 6.45) is 12.7. The van der Waals surface area contributed by atoms with Crippen LogP contribution in [0.3, 0.4) is 0 Å². The van der Waals surface area contributed by atoms with Crippen LogP contribution < -0.4 is 7.16 Å². The number of halogens is 2. The van der Waals surface area contributed by atoms with Crippen LogP contribution in [-0.4, -0.2) is 35.3 Å². The summed E-state index contributed by atoms with van der Waals surface area (Å²) in [5, 5.41) is 0. The van der Waals surface area contributed by atoms with Crippen molar-refractivity contribution in [3.8, 4) is 0 Å². The van der Waals surface area contributed by atoms with E-state index >= 15 is 0 Å². The zero-order valence-electron chi connectivity index (χ0n) is 17.2. The molecule has 0 aliphatic heterocycles. The summed E-state index contributed by atoms with van der Waals surface area (Å²) in [5.74, 6) is 0. The Morgan fingerprint density at radius 1 is 0.552 bits per heavy atom. The molecule has 0 spiro atoms. The van der Waals surface area contributed by atoms with Crippen LogP contribution in [-0.2, 0) is 1.41 Å². The molecule has 0 N–H and O–H groups in total. The van der Waals surface area contributed by atoms with E-state index in [4.69, 9.17) is 19.3 Å². The number of benzene rings is 2. The molecule has 2 fully saturated rings. The monoisotopic (exact) mass is 646 g/mol. The molecule has 0 heterocycles. The van der Waals surface area contributed by atoms with Gasteiger partial charge in [0.15, 0.2) is 0 Å². The molecule has 2 aromatic carbocycles. The molecular formula is C24H32Cl2OSn2. The maximum absolute atomic E-state index is 7.75. The molecule has 2 aromatic rings. The average molecular weight is 645 g/mol. The standard InChI is InChI=1S/2C6H11.2C6H5.2ClH.O.2Sn/c4*1-2-4-6-5-3-1;;;;;/h2*1H,2-6H2;2*1-5H;2*1H;;;/q;;;;;;;2*+1/p-2. The Balaban J connectivity index is 1.76. The first-order chi connectivity index (χ1) is 14.1. The molecule has 2 aliphatic carbocycles. The second kappa shape index (κ2) is 10.5. The topological polar surface area (TPSA) is 9.23 Å². The van der Waals surface area contributed by atoms with E-state index < -0.39 is 35.3 Å². The maximum atomic E-state index is 7.75. The van der Waals surface area contributed by atoms with Crippen LogP contribution in [0, 0.1) is 0 Å². The Morgan fingerprint density at radius 2 is 0.897 bits per heavy atom. The molecule has 2 saturated carbocycles. The third kappa shape index (κ3) is 5.15. The van der Waals surface area contributed by atoms with Gasteiger partial charge in [0.25, 0.3) is 0 Å². The van der Waals surface area contributed by atoms with Gasteiger partial charge in [-0.15, -0.1) is 0 Å². The molecule has 5 heteroatoms. The van der Waals surface area contributed by atoms with Crippen molar-refractivity contribution >= 4 is 60.3 Å². The van der Waals surface area contributed by atoms with E-state index in [1.807, 2.05) is 0 Å². The van der Waals surface area contributed by atoms with Gasteiger partial charge < -0.3 is 0 Å². The summed E-state index contributed by atoms with van der Waals surface area (Å²) in [6.45, 7) is 0. The molecule has 1 nitrogen and oxygen atoms in total. The van der Waals surface area contributed by atoms with Crippen molar-refractivity contribution in [1.29, 1.82) is 0 Å². The predicted molar refractivity (Wildman–Crippen MR) is 130 cm³/mol. The van der Waals surface area contributed by atoms with Crippen LogP contribution in [0.25, 0.3) is 0 Å². The molecular weight excluding hydrogens is 613 g/mol. The number of hydrogen-bond acceptors (Lipinski definition) is 1. The SMILES string of the molecule is [Cl][Sn]([O][Sn]([Cl])([c]1ccccc1)[CH]1CCCCC1)([c]1ccccc1)[CH]1CCCCC1. The first kappa shape index (κ1) is 22.8. The number of rotatable bonds is 6. The fourth-order valence-electron chi connectivity index (χ4n) is 5.25. The zero-order chi connectivity index (χ0) is 20.2. The van der Waals surface area contributed by atoms with Crippen LogP contribution >= 0.6 is 17.8 Å². The molecule has 2 atom stereocenters. The Morgan fingerprint density at radius 3 is 1.24 bits per heavy atom. The molecule has 2 unspecified atom stereocenters. The van der Waals surface area contributed by atoms with Gasteiger partial charge in [0.2, 0.25) is 0 Å². The predicted octanol–water partition coefficient (Wildman–Crippen LogP) is 6.85. The molecule has 0 amide bonds. The van der Waals surface area contributed by atoms with Crippen LogP contribution in [0.15, 0.2) is 60.7 Å². The number of hydrogen-bond donors (Lipinski definition) is 0. The van der Waals surface area contributed by atoms with Crippen molar-refractivity contribution in [3.05, 3.63) is 60.7 Å². The van der Waals surface area contributed by atoms with Crippen molar-refractivity contribution in [3.63, 3.8) is 0 Å². The van der Waals surface area contributed by atoms with Crippen molar-refractivity contribution in [2.24, 2.45) is 0 Å². The Kier molecular flexibility index (Phi) is 8.21. The van der Waals surface area contributed by atoms with E-state index in [0.29, 0.717) is 7.87 Å². The summed E-state index contributed by atoms with van der Waals surface area (Å²) in [4.78, 5) is 0. The van der Waals surface area contributed by atoms with Crippen molar-refractivity contribution in [1.82, 2.24) is 0 Å². The fraction of sp³-hybridized carbons (Fsp3) is 0.500. The third-order valence-corrected chi connectivity index (χ3v) is 49.7. The van der Waals surface area contributed by atoms with Crippen molar-refractivity contribution in [2.45, 2.75) is 72.1 Å². The third-order valence-electron chi connectivity index (χ3n) is 6.89. The van der Waals surface area contributed by atoms with E-state index in [1.54, 1.807) is 0 Å². The van der Waals surface area contributed by atoms with E-state index in [9.17, 15) is 0 Å². The molecule has 0 bridgehead atoms. The summed E-state index contributed by atoms with van der Waals surface area (Å²) in [7, 11) is 15.5. The quantitative estimate of drug-likeness (QED) is 0.313. The van der Waals surface area contributed by atoms with Gasteiger partial charge in [-0.3, -0.25) is 0 Å². The Labute approximate surface area is 192 Å². The first-order valence-corrected chi connectivity index (χ1v) is 27.0. The van der Waals surface area contributed by atoms with E-state index in [-0.39, 0.29) is 0 Å². The van der Waals surface area contributed by atoms with Gasteiger partial charge in [0.05, 0.1) is 0 Å². The van der Waals surface area contributed by atoms with Gasteiger partial charge in [-0.25, -0.2) is 0 Å². The average Bonchev–Trinajstić information content (AvgIpc) is 2.81. The Bertz CT molecular complexity index is 697. The summed E-state index contributed by atoms with van der Waals surface area (Å²) in [5.41, 5.74) is 0. The van der Waals surface area contributed by atoms with Crippen LogP contribution in [0.4, 0.5) is 0 Å². The molecule has 156 valence electrons. The van der Waals surface area contributed by atoms with Gasteiger partial charge in [0.1, 0.15) is 0 Å². The van der Waals surface area contributed by atoms with Gasteiger partial charge in [0, 0.05) is 0 Å². The minimum absolute atomic E-state index is 0.532. The molecule has 29 heavy (non-hydrogen) atoms. The van der Waals surface area contributed by atoms with E-state index in [0.717, 1.165) is 0 Å². The van der Waals surface area contributed by atoms with Gasteiger partial charge in [-0.1, -0.05) is 0 Å². The van der Waals surface area contributed by atoms with E-state index in [1.165, 1.54) is 71.4 Å². The molecule has 2 aliphatic rings. The van der Waals surface area contributed by atoms with Crippen LogP contribution in [0.2, 0.25) is 7.87 Å². The molecule has 0 aromatic heterocycles. The fourth-order valence-corrected chi connectivity index (χ4v) is 57.6. The van der Waals surface area contributed by atoms with Gasteiger partial charge in [-0.2, -0.15) is 0 Å². The van der Waals surface area contributed by atoms with Crippen molar-refractivity contribution in [2.75, 3.05) is 0 Å². The summed E-state index contributed by atoms with van der Waals surface area (Å²) in [6, 6.07) is 21.6.